The van der Waals surface area contributed by atoms with Gasteiger partial charge in [0, 0.05) is 31.7 Å². The Morgan fingerprint density at radius 1 is 0.917 bits per heavy atom. The van der Waals surface area contributed by atoms with Crippen LogP contribution in [-0.4, -0.2) is 46.3 Å². The average Bonchev–Trinajstić information content (AvgIpc) is 3.27. The molecule has 3 aromatic carbocycles. The number of hydrogen-bond donors (Lipinski definition) is 2. The van der Waals surface area contributed by atoms with Crippen LogP contribution in [0.15, 0.2) is 89.7 Å². The fourth-order valence-corrected chi connectivity index (χ4v) is 4.95. The number of aromatic nitrogens is 2. The van der Waals surface area contributed by atoms with Gasteiger partial charge >= 0.3 is 11.8 Å². The Labute approximate surface area is 210 Å². The number of rotatable bonds is 8. The van der Waals surface area contributed by atoms with Crippen molar-refractivity contribution in [2.45, 2.75) is 37.9 Å². The molecule has 1 aliphatic rings. The van der Waals surface area contributed by atoms with Gasteiger partial charge in [-0.2, -0.15) is 0 Å². The molecule has 1 saturated heterocycles. The highest BCUT2D eigenvalue weighted by molar-refractivity contribution is 5.75. The smallest absolute Gasteiger partial charge is 0.409 e. The second-order valence-electron chi connectivity index (χ2n) is 9.37. The first-order chi connectivity index (χ1) is 17.7. The maximum absolute atomic E-state index is 12.9. The molecule has 1 atom stereocenters. The van der Waals surface area contributed by atoms with Crippen molar-refractivity contribution in [1.82, 2.24) is 19.8 Å². The van der Waals surface area contributed by atoms with Gasteiger partial charge in [-0.1, -0.05) is 72.8 Å². The molecule has 1 amide bonds. The average molecular weight is 485 g/mol. The van der Waals surface area contributed by atoms with E-state index in [1.165, 1.54) is 11.1 Å². The molecule has 0 radical (unpaired) electrons. The summed E-state index contributed by atoms with van der Waals surface area (Å²) in [6.45, 7) is 2.13. The molecule has 0 bridgehead atoms. The van der Waals surface area contributed by atoms with Crippen molar-refractivity contribution in [1.29, 1.82) is 0 Å². The summed E-state index contributed by atoms with van der Waals surface area (Å²) in [4.78, 5) is 30.1. The summed E-state index contributed by atoms with van der Waals surface area (Å²) in [7, 11) is 0. The van der Waals surface area contributed by atoms with Crippen LogP contribution in [0.3, 0.4) is 0 Å². The van der Waals surface area contributed by atoms with Crippen LogP contribution in [-0.2, 0) is 17.7 Å². The van der Waals surface area contributed by atoms with E-state index in [0.717, 1.165) is 30.3 Å². The van der Waals surface area contributed by atoms with Crippen molar-refractivity contribution in [3.8, 4) is 0 Å². The first-order valence-corrected chi connectivity index (χ1v) is 12.6. The lowest BCUT2D eigenvalue weighted by molar-refractivity contribution is 0.0804. The van der Waals surface area contributed by atoms with E-state index in [1.807, 2.05) is 65.2 Å². The Balaban J connectivity index is 1.17. The number of benzene rings is 3. The van der Waals surface area contributed by atoms with Gasteiger partial charge in [-0.15, -0.1) is 0 Å². The summed E-state index contributed by atoms with van der Waals surface area (Å²) < 4.78 is 7.61. The molecule has 36 heavy (non-hydrogen) atoms. The Bertz CT molecular complexity index is 1320. The van der Waals surface area contributed by atoms with Gasteiger partial charge in [-0.25, -0.2) is 9.59 Å². The Hall–Kier alpha value is -3.84. The number of fused-ring (bicyclic) bond motifs is 1. The standard InChI is InChI=1S/C29H32N4O3/c34-28-31-26-13-7-8-14-27(26)33(28)25-15-17-32(18-16-25)29(35)36-21-24(19-22-9-3-1-4-10-22)30-20-23-11-5-2-6-12-23/h1-14,24-25,30H,15-21H2,(H,31,34). The number of nitrogens with one attached hydrogen (secondary N) is 2. The molecular formula is C29H32N4O3. The number of H-pyrrole nitrogens is 1. The quantitative estimate of drug-likeness (QED) is 0.386. The van der Waals surface area contributed by atoms with Crippen LogP contribution in [0.2, 0.25) is 0 Å². The Kier molecular flexibility index (Phi) is 7.47. The number of ether oxygens (including phenoxy) is 1. The van der Waals surface area contributed by atoms with Crippen LogP contribution in [0.5, 0.6) is 0 Å². The third kappa shape index (κ3) is 5.69. The maximum atomic E-state index is 12.9. The first-order valence-electron chi connectivity index (χ1n) is 12.6. The lowest BCUT2D eigenvalue weighted by Gasteiger charge is -2.32. The van der Waals surface area contributed by atoms with Crippen LogP contribution in [0.1, 0.15) is 30.0 Å². The molecule has 0 aliphatic carbocycles. The van der Waals surface area contributed by atoms with Gasteiger partial charge in [0.05, 0.1) is 11.0 Å². The van der Waals surface area contributed by atoms with Crippen molar-refractivity contribution in [3.63, 3.8) is 0 Å². The number of carbonyl (C=O) groups is 1. The maximum Gasteiger partial charge on any atom is 0.409 e. The fraction of sp³-hybridized carbons (Fsp3) is 0.310. The largest absolute Gasteiger partial charge is 0.448 e. The van der Waals surface area contributed by atoms with Gasteiger partial charge in [0.2, 0.25) is 0 Å². The second-order valence-corrected chi connectivity index (χ2v) is 9.37. The molecule has 1 fully saturated rings. The molecule has 5 rings (SSSR count). The van der Waals surface area contributed by atoms with E-state index >= 15 is 0 Å². The van der Waals surface area contributed by atoms with Crippen molar-refractivity contribution in [2.75, 3.05) is 19.7 Å². The predicted octanol–water partition coefficient (Wildman–Crippen LogP) is 4.50. The number of hydrogen-bond acceptors (Lipinski definition) is 4. The van der Waals surface area contributed by atoms with E-state index in [-0.39, 0.29) is 23.9 Å². The van der Waals surface area contributed by atoms with E-state index in [1.54, 1.807) is 4.90 Å². The van der Waals surface area contributed by atoms with Gasteiger partial charge < -0.3 is 19.9 Å². The van der Waals surface area contributed by atoms with Crippen molar-refractivity contribution in [3.05, 3.63) is 107 Å². The molecule has 2 heterocycles. The van der Waals surface area contributed by atoms with E-state index in [2.05, 4.69) is 34.6 Å². The lowest BCUT2D eigenvalue weighted by atomic mass is 10.0. The molecule has 7 nitrogen and oxygen atoms in total. The highest BCUT2D eigenvalue weighted by atomic mass is 16.6. The highest BCUT2D eigenvalue weighted by Gasteiger charge is 2.27. The van der Waals surface area contributed by atoms with Crippen LogP contribution in [0.4, 0.5) is 4.79 Å². The summed E-state index contributed by atoms with van der Waals surface area (Å²) in [5, 5.41) is 3.55. The minimum absolute atomic E-state index is 0.00103. The number of piperidine rings is 1. The highest BCUT2D eigenvalue weighted by Crippen LogP contribution is 2.25. The number of likely N-dealkylation sites (tertiary alicyclic amines) is 1. The normalized spacial score (nSPS) is 15.2. The molecule has 7 heteroatoms. The van der Waals surface area contributed by atoms with Crippen LogP contribution in [0.25, 0.3) is 11.0 Å². The van der Waals surface area contributed by atoms with E-state index in [4.69, 9.17) is 4.74 Å². The number of amides is 1. The summed E-state index contributed by atoms with van der Waals surface area (Å²) >= 11 is 0. The van der Waals surface area contributed by atoms with Crippen molar-refractivity contribution >= 4 is 17.1 Å². The monoisotopic (exact) mass is 484 g/mol. The van der Waals surface area contributed by atoms with E-state index in [9.17, 15) is 9.59 Å². The van der Waals surface area contributed by atoms with E-state index < -0.39 is 0 Å². The van der Waals surface area contributed by atoms with Gasteiger partial charge in [0.15, 0.2) is 0 Å². The second kappa shape index (κ2) is 11.3. The van der Waals surface area contributed by atoms with Crippen LogP contribution < -0.4 is 11.0 Å². The number of nitrogens with zero attached hydrogens (tertiary/aromatic N) is 2. The molecule has 1 aromatic heterocycles. The van der Waals surface area contributed by atoms with Crippen molar-refractivity contribution in [2.24, 2.45) is 0 Å². The summed E-state index contributed by atoms with van der Waals surface area (Å²) in [6, 6.07) is 28.3. The number of imidazole rings is 1. The topological polar surface area (TPSA) is 79.4 Å². The van der Waals surface area contributed by atoms with Gasteiger partial charge in [-0.05, 0) is 42.5 Å². The molecule has 2 N–H and O–H groups in total. The molecule has 4 aromatic rings. The first kappa shape index (κ1) is 23.9. The lowest BCUT2D eigenvalue weighted by Crippen LogP contribution is -2.43. The predicted molar refractivity (Wildman–Crippen MR) is 141 cm³/mol. The van der Waals surface area contributed by atoms with Crippen LogP contribution >= 0.6 is 0 Å². The zero-order valence-corrected chi connectivity index (χ0v) is 20.3. The van der Waals surface area contributed by atoms with E-state index in [0.29, 0.717) is 26.2 Å². The van der Waals surface area contributed by atoms with Gasteiger partial charge in [0.1, 0.15) is 6.61 Å². The Morgan fingerprint density at radius 3 is 2.28 bits per heavy atom. The minimum atomic E-state index is -0.292. The summed E-state index contributed by atoms with van der Waals surface area (Å²) in [6.07, 6.45) is 1.92. The van der Waals surface area contributed by atoms with Crippen molar-refractivity contribution < 1.29 is 9.53 Å². The third-order valence-corrected chi connectivity index (χ3v) is 6.88. The zero-order chi connectivity index (χ0) is 24.7. The summed E-state index contributed by atoms with van der Waals surface area (Å²) in [5.74, 6) is 0. The van der Waals surface area contributed by atoms with Gasteiger partial charge in [0.25, 0.3) is 0 Å². The minimum Gasteiger partial charge on any atom is -0.448 e. The SMILES string of the molecule is O=C(OCC(Cc1ccccc1)NCc1ccccc1)N1CCC(n2c(=O)[nH]c3ccccc32)CC1. The molecule has 186 valence electrons. The van der Waals surface area contributed by atoms with Crippen LogP contribution in [0, 0.1) is 0 Å². The number of carbonyl (C=O) groups excluding carboxylic acids is 1. The zero-order valence-electron chi connectivity index (χ0n) is 20.3. The third-order valence-electron chi connectivity index (χ3n) is 6.88. The molecule has 0 spiro atoms. The molecule has 1 aliphatic heterocycles. The fourth-order valence-electron chi connectivity index (χ4n) is 4.95. The number of para-hydroxylation sites is 2. The van der Waals surface area contributed by atoms with Gasteiger partial charge in [-0.3, -0.25) is 4.57 Å². The Morgan fingerprint density at radius 2 is 1.56 bits per heavy atom. The summed E-state index contributed by atoms with van der Waals surface area (Å²) in [5.41, 5.74) is 4.06. The number of aromatic amines is 1. The molecular weight excluding hydrogens is 452 g/mol. The molecule has 0 saturated carbocycles. The molecule has 1 unspecified atom stereocenters.